The molecule has 2 rings (SSSR count). The van der Waals surface area contributed by atoms with Crippen molar-refractivity contribution in [1.29, 1.82) is 0 Å². The number of azide groups is 1. The Kier molecular flexibility index (Phi) is 7.23. The monoisotopic (exact) mass is 331 g/mol. The number of hydrogen-bond acceptors (Lipinski definition) is 2. The van der Waals surface area contributed by atoms with Crippen molar-refractivity contribution in [2.45, 2.75) is 19.8 Å². The van der Waals surface area contributed by atoms with Crippen molar-refractivity contribution in [2.24, 2.45) is 11.0 Å². The van der Waals surface area contributed by atoms with Gasteiger partial charge in [-0.15, -0.1) is 0 Å². The zero-order chi connectivity index (χ0) is 17.9. The van der Waals surface area contributed by atoms with E-state index in [1.807, 2.05) is 36.4 Å². The molecule has 0 radical (unpaired) electrons. The average Bonchev–Trinajstić information content (AvgIpc) is 2.61. The maximum atomic E-state index is 11.5. The van der Waals surface area contributed by atoms with Gasteiger partial charge in [0.25, 0.3) is 0 Å². The number of nitrogens with zero attached hydrogens (tertiary/aromatic N) is 3. The number of hydrogen-bond donors (Lipinski definition) is 0. The van der Waals surface area contributed by atoms with Gasteiger partial charge in [0.2, 0.25) is 0 Å². The minimum Gasteiger partial charge on any atom is -0.300 e. The van der Waals surface area contributed by atoms with Crippen molar-refractivity contribution in [3.05, 3.63) is 88.3 Å². The summed E-state index contributed by atoms with van der Waals surface area (Å²) < 4.78 is 0. The lowest BCUT2D eigenvalue weighted by Crippen LogP contribution is -2.01. The van der Waals surface area contributed by atoms with Crippen molar-refractivity contribution in [1.82, 2.24) is 0 Å². The highest BCUT2D eigenvalue weighted by Gasteiger charge is 2.06. The topological polar surface area (TPSA) is 65.8 Å². The molecule has 2 aromatic rings. The summed E-state index contributed by atoms with van der Waals surface area (Å²) in [5, 5.41) is 3.55. The summed E-state index contributed by atoms with van der Waals surface area (Å²) in [5.74, 6) is 0.343. The molecule has 4 nitrogen and oxygen atoms in total. The Hall–Kier alpha value is -3.10. The summed E-state index contributed by atoms with van der Waals surface area (Å²) in [6.45, 7) is 1.62. The maximum Gasteiger partial charge on any atom is 0.130 e. The van der Waals surface area contributed by atoms with Gasteiger partial charge in [-0.2, -0.15) is 0 Å². The number of allylic oxidation sites excluding steroid dienone is 2. The lowest BCUT2D eigenvalue weighted by atomic mass is 9.97. The lowest BCUT2D eigenvalue weighted by Gasteiger charge is -2.08. The Bertz CT molecular complexity index is 786. The highest BCUT2D eigenvalue weighted by Crippen LogP contribution is 2.18. The molecular formula is C21H21N3O. The van der Waals surface area contributed by atoms with Gasteiger partial charge in [-0.05, 0) is 35.9 Å². The molecule has 126 valence electrons. The molecule has 1 atom stereocenters. The van der Waals surface area contributed by atoms with Crippen molar-refractivity contribution in [3.8, 4) is 0 Å². The van der Waals surface area contributed by atoms with Crippen molar-refractivity contribution in [3.63, 3.8) is 0 Å². The number of carbonyl (C=O) groups is 1. The quantitative estimate of drug-likeness (QED) is 0.316. The number of Topliss-reactive ketones (excluding diaryl/α,β-unsaturated/α-hetero) is 1. The number of rotatable bonds is 8. The second-order valence-corrected chi connectivity index (χ2v) is 5.86. The van der Waals surface area contributed by atoms with Crippen LogP contribution >= 0.6 is 0 Å². The molecule has 0 heterocycles. The van der Waals surface area contributed by atoms with E-state index in [-0.39, 0.29) is 11.7 Å². The average molecular weight is 331 g/mol. The third-order valence-corrected chi connectivity index (χ3v) is 3.71. The summed E-state index contributed by atoms with van der Waals surface area (Å²) >= 11 is 0. The van der Waals surface area contributed by atoms with Crippen LogP contribution in [0.15, 0.2) is 71.9 Å². The first kappa shape index (κ1) is 18.2. The predicted octanol–water partition coefficient (Wildman–Crippen LogP) is 6.34. The maximum absolute atomic E-state index is 11.5. The molecule has 25 heavy (non-hydrogen) atoms. The summed E-state index contributed by atoms with van der Waals surface area (Å²) in [6, 6.07) is 17.4. The highest BCUT2D eigenvalue weighted by atomic mass is 16.1. The van der Waals surface area contributed by atoms with Gasteiger partial charge >= 0.3 is 0 Å². The molecule has 0 spiro atoms. The second kappa shape index (κ2) is 9.91. The van der Waals surface area contributed by atoms with Gasteiger partial charge in [-0.25, -0.2) is 0 Å². The fourth-order valence-electron chi connectivity index (χ4n) is 2.49. The zero-order valence-corrected chi connectivity index (χ0v) is 14.2. The lowest BCUT2D eigenvalue weighted by molar-refractivity contribution is -0.117. The molecule has 0 aliphatic heterocycles. The smallest absolute Gasteiger partial charge is 0.130 e. The molecule has 0 fully saturated rings. The summed E-state index contributed by atoms with van der Waals surface area (Å²) in [6.07, 6.45) is 9.59. The molecule has 0 aliphatic rings. The van der Waals surface area contributed by atoms with E-state index < -0.39 is 0 Å². The van der Waals surface area contributed by atoms with Gasteiger partial charge in [0.15, 0.2) is 0 Å². The van der Waals surface area contributed by atoms with Crippen molar-refractivity contribution < 1.29 is 4.79 Å². The summed E-state index contributed by atoms with van der Waals surface area (Å²) in [7, 11) is 0. The Morgan fingerprint density at radius 1 is 1.08 bits per heavy atom. The first-order valence-corrected chi connectivity index (χ1v) is 8.22. The Labute approximate surface area is 148 Å². The van der Waals surface area contributed by atoms with Gasteiger partial charge < -0.3 is 4.79 Å². The van der Waals surface area contributed by atoms with Crippen LogP contribution in [-0.4, -0.2) is 5.78 Å². The van der Waals surface area contributed by atoms with Crippen LogP contribution in [0, 0.1) is 5.92 Å². The normalized spacial score (nSPS) is 12.2. The molecule has 2 aromatic carbocycles. The summed E-state index contributed by atoms with van der Waals surface area (Å²) in [4.78, 5) is 14.3. The van der Waals surface area contributed by atoms with E-state index >= 15 is 0 Å². The van der Waals surface area contributed by atoms with Crippen molar-refractivity contribution in [2.75, 3.05) is 0 Å². The molecule has 0 saturated carbocycles. The molecule has 0 aliphatic carbocycles. The Balaban J connectivity index is 2.02. The fourth-order valence-corrected chi connectivity index (χ4v) is 2.49. The third-order valence-electron chi connectivity index (χ3n) is 3.71. The van der Waals surface area contributed by atoms with Crippen LogP contribution in [0.1, 0.15) is 30.9 Å². The van der Waals surface area contributed by atoms with Gasteiger partial charge in [0.05, 0.1) is 0 Å². The molecule has 0 amide bonds. The van der Waals surface area contributed by atoms with E-state index in [0.29, 0.717) is 12.1 Å². The minimum absolute atomic E-state index is 0.161. The SMILES string of the molecule is CC(=O)CC(C=Cc1ccc(N=[N+]=[N-])cc1)CC=Cc1ccccc1. The Morgan fingerprint density at radius 2 is 1.76 bits per heavy atom. The van der Waals surface area contributed by atoms with Gasteiger partial charge in [-0.1, -0.05) is 84.0 Å². The first-order chi connectivity index (χ1) is 12.2. The predicted molar refractivity (Wildman–Crippen MR) is 103 cm³/mol. The van der Waals surface area contributed by atoms with Crippen LogP contribution in [0.5, 0.6) is 0 Å². The van der Waals surface area contributed by atoms with Crippen LogP contribution in [0.4, 0.5) is 5.69 Å². The van der Waals surface area contributed by atoms with E-state index in [1.54, 1.807) is 19.1 Å². The number of carbonyl (C=O) groups excluding carboxylic acids is 1. The van der Waals surface area contributed by atoms with E-state index in [2.05, 4.69) is 40.4 Å². The minimum atomic E-state index is 0.161. The van der Waals surface area contributed by atoms with E-state index in [9.17, 15) is 4.79 Å². The van der Waals surface area contributed by atoms with Crippen LogP contribution < -0.4 is 0 Å². The van der Waals surface area contributed by atoms with Crippen LogP contribution in [0.3, 0.4) is 0 Å². The Morgan fingerprint density at radius 3 is 2.40 bits per heavy atom. The molecule has 0 N–H and O–H groups in total. The third kappa shape index (κ3) is 6.90. The van der Waals surface area contributed by atoms with Gasteiger partial charge in [0.1, 0.15) is 5.78 Å². The van der Waals surface area contributed by atoms with E-state index in [1.165, 1.54) is 0 Å². The largest absolute Gasteiger partial charge is 0.300 e. The molecule has 4 heteroatoms. The standard InChI is InChI=1S/C21H21N3O/c1-17(25)16-20(9-5-8-18-6-3-2-4-7-18)11-10-19-12-14-21(15-13-19)23-24-22/h2-8,10-15,20H,9,16H2,1H3. The van der Waals surface area contributed by atoms with E-state index in [0.717, 1.165) is 17.5 Å². The highest BCUT2D eigenvalue weighted by molar-refractivity contribution is 5.76. The molecular weight excluding hydrogens is 310 g/mol. The molecule has 0 bridgehead atoms. The molecule has 0 aromatic heterocycles. The molecule has 0 saturated heterocycles. The zero-order valence-electron chi connectivity index (χ0n) is 14.2. The van der Waals surface area contributed by atoms with Gasteiger partial charge in [-0.3, -0.25) is 0 Å². The number of benzene rings is 2. The second-order valence-electron chi connectivity index (χ2n) is 5.86. The number of ketones is 1. The van der Waals surface area contributed by atoms with Gasteiger partial charge in [0, 0.05) is 17.0 Å². The summed E-state index contributed by atoms with van der Waals surface area (Å²) in [5.41, 5.74) is 11.2. The van der Waals surface area contributed by atoms with Crippen molar-refractivity contribution >= 4 is 23.6 Å². The van der Waals surface area contributed by atoms with Crippen LogP contribution in [0.2, 0.25) is 0 Å². The van der Waals surface area contributed by atoms with Crippen LogP contribution in [0.25, 0.3) is 22.6 Å². The van der Waals surface area contributed by atoms with E-state index in [4.69, 9.17) is 5.53 Å². The fraction of sp³-hybridized carbons (Fsp3) is 0.190. The van der Waals surface area contributed by atoms with Crippen LogP contribution in [-0.2, 0) is 4.79 Å². The molecule has 1 unspecified atom stereocenters. The first-order valence-electron chi connectivity index (χ1n) is 8.22.